The quantitative estimate of drug-likeness (QED) is 0.633. The van der Waals surface area contributed by atoms with Gasteiger partial charge in [-0.15, -0.1) is 0 Å². The van der Waals surface area contributed by atoms with E-state index in [9.17, 15) is 26.4 Å². The van der Waals surface area contributed by atoms with Crippen LogP contribution in [0.4, 0.5) is 24.7 Å². The molecule has 1 heterocycles. The third-order valence-corrected chi connectivity index (χ3v) is 4.98. The largest absolute Gasteiger partial charge is 0.322 e. The molecule has 0 aliphatic carbocycles. The Morgan fingerprint density at radius 2 is 1.61 bits per heavy atom. The zero-order chi connectivity index (χ0) is 20.3. The van der Waals surface area contributed by atoms with Gasteiger partial charge in [-0.3, -0.25) is 9.52 Å². The van der Waals surface area contributed by atoms with Crippen LogP contribution in [0.15, 0.2) is 65.7 Å². The molecule has 0 saturated heterocycles. The van der Waals surface area contributed by atoms with Crippen LogP contribution in [0.2, 0.25) is 0 Å². The van der Waals surface area contributed by atoms with Crippen molar-refractivity contribution in [2.45, 2.75) is 4.90 Å². The summed E-state index contributed by atoms with van der Waals surface area (Å²) in [6.45, 7) is 0. The number of benzene rings is 2. The molecule has 144 valence electrons. The molecule has 0 aliphatic heterocycles. The van der Waals surface area contributed by atoms with Gasteiger partial charge in [-0.25, -0.2) is 26.6 Å². The molecule has 0 bridgehead atoms. The molecular weight excluding hydrogens is 395 g/mol. The standard InChI is InChI=1S/C18H12F3N3O3S/c19-14-9-8-13(16(20)17(14)21)18(25)23-11-4-6-12(7-5-11)28(26,27)24-15-3-1-2-10-22-15/h1-10H,(H,22,24)(H,23,25). The summed E-state index contributed by atoms with van der Waals surface area (Å²) in [5.41, 5.74) is -0.557. The fraction of sp³-hybridized carbons (Fsp3) is 0. The molecule has 0 unspecified atom stereocenters. The maximum absolute atomic E-state index is 13.7. The number of carbonyl (C=O) groups is 1. The minimum atomic E-state index is -3.90. The average Bonchev–Trinajstić information content (AvgIpc) is 2.67. The molecule has 3 aromatic rings. The molecule has 0 radical (unpaired) electrons. The number of carbonyl (C=O) groups excluding carboxylic acids is 1. The number of nitrogens with one attached hydrogen (secondary N) is 2. The van der Waals surface area contributed by atoms with E-state index in [1.807, 2.05) is 0 Å². The number of hydrogen-bond acceptors (Lipinski definition) is 4. The number of anilines is 2. The lowest BCUT2D eigenvalue weighted by Crippen LogP contribution is -2.16. The molecular formula is C18H12F3N3O3S. The number of hydrogen-bond donors (Lipinski definition) is 2. The van der Waals surface area contributed by atoms with Gasteiger partial charge in [-0.05, 0) is 48.5 Å². The second-order valence-electron chi connectivity index (χ2n) is 5.52. The van der Waals surface area contributed by atoms with Crippen LogP contribution in [0.25, 0.3) is 0 Å². The first-order valence-corrected chi connectivity index (χ1v) is 9.25. The van der Waals surface area contributed by atoms with Gasteiger partial charge >= 0.3 is 0 Å². The van der Waals surface area contributed by atoms with Crippen molar-refractivity contribution in [1.29, 1.82) is 0 Å². The summed E-state index contributed by atoms with van der Waals surface area (Å²) >= 11 is 0. The van der Waals surface area contributed by atoms with Crippen molar-refractivity contribution in [3.8, 4) is 0 Å². The monoisotopic (exact) mass is 407 g/mol. The van der Waals surface area contributed by atoms with Crippen LogP contribution in [0, 0.1) is 17.5 Å². The first kappa shape index (κ1) is 19.4. The zero-order valence-corrected chi connectivity index (χ0v) is 14.8. The van der Waals surface area contributed by atoms with E-state index >= 15 is 0 Å². The van der Waals surface area contributed by atoms with Crippen LogP contribution < -0.4 is 10.0 Å². The number of sulfonamides is 1. The van der Waals surface area contributed by atoms with Crippen LogP contribution in [0.1, 0.15) is 10.4 Å². The van der Waals surface area contributed by atoms with Gasteiger partial charge in [0.2, 0.25) is 0 Å². The number of pyridine rings is 1. The van der Waals surface area contributed by atoms with E-state index in [2.05, 4.69) is 15.0 Å². The summed E-state index contributed by atoms with van der Waals surface area (Å²) in [5, 5.41) is 2.28. The molecule has 2 N–H and O–H groups in total. The molecule has 0 fully saturated rings. The van der Waals surface area contributed by atoms with E-state index in [0.717, 1.165) is 6.07 Å². The third-order valence-electron chi connectivity index (χ3n) is 3.61. The Morgan fingerprint density at radius 3 is 2.25 bits per heavy atom. The average molecular weight is 407 g/mol. The molecule has 28 heavy (non-hydrogen) atoms. The van der Waals surface area contributed by atoms with Crippen molar-refractivity contribution in [2.75, 3.05) is 10.0 Å². The SMILES string of the molecule is O=C(Nc1ccc(S(=O)(=O)Nc2ccccn2)cc1)c1ccc(F)c(F)c1F. The fourth-order valence-electron chi connectivity index (χ4n) is 2.24. The molecule has 3 rings (SSSR count). The van der Waals surface area contributed by atoms with E-state index in [1.165, 1.54) is 36.5 Å². The molecule has 1 aromatic heterocycles. The Labute approximate surface area is 158 Å². The highest BCUT2D eigenvalue weighted by molar-refractivity contribution is 7.92. The third kappa shape index (κ3) is 4.12. The summed E-state index contributed by atoms with van der Waals surface area (Å²) in [6, 6.07) is 11.1. The Kier molecular flexibility index (Phi) is 5.32. The van der Waals surface area contributed by atoms with Gasteiger partial charge in [0, 0.05) is 11.9 Å². The van der Waals surface area contributed by atoms with Crippen LogP contribution in [-0.4, -0.2) is 19.3 Å². The van der Waals surface area contributed by atoms with Crippen LogP contribution in [0.3, 0.4) is 0 Å². The molecule has 0 saturated carbocycles. The van der Waals surface area contributed by atoms with Gasteiger partial charge in [0.1, 0.15) is 5.82 Å². The lowest BCUT2D eigenvalue weighted by molar-refractivity contribution is 0.102. The fourth-order valence-corrected chi connectivity index (χ4v) is 3.25. The smallest absolute Gasteiger partial charge is 0.263 e. The molecule has 2 aromatic carbocycles. The topological polar surface area (TPSA) is 88.2 Å². The van der Waals surface area contributed by atoms with Crippen molar-refractivity contribution in [3.63, 3.8) is 0 Å². The second kappa shape index (κ2) is 7.69. The van der Waals surface area contributed by atoms with Crippen molar-refractivity contribution in [3.05, 3.63) is 83.8 Å². The van der Waals surface area contributed by atoms with Gasteiger partial charge in [-0.2, -0.15) is 0 Å². The number of amides is 1. The number of nitrogens with zero attached hydrogens (tertiary/aromatic N) is 1. The van der Waals surface area contributed by atoms with Crippen molar-refractivity contribution in [1.82, 2.24) is 4.98 Å². The molecule has 0 spiro atoms. The van der Waals surface area contributed by atoms with E-state index in [1.54, 1.807) is 12.1 Å². The molecule has 10 heteroatoms. The Balaban J connectivity index is 1.76. The van der Waals surface area contributed by atoms with E-state index in [0.29, 0.717) is 6.07 Å². The minimum Gasteiger partial charge on any atom is -0.322 e. The summed E-state index contributed by atoms with van der Waals surface area (Å²) in [4.78, 5) is 15.8. The maximum atomic E-state index is 13.7. The Bertz CT molecular complexity index is 1120. The lowest BCUT2D eigenvalue weighted by atomic mass is 10.1. The highest BCUT2D eigenvalue weighted by atomic mass is 32.2. The lowest BCUT2D eigenvalue weighted by Gasteiger charge is -2.09. The van der Waals surface area contributed by atoms with Crippen molar-refractivity contribution in [2.24, 2.45) is 0 Å². The number of rotatable bonds is 5. The van der Waals surface area contributed by atoms with Gasteiger partial charge in [0.15, 0.2) is 17.5 Å². The van der Waals surface area contributed by atoms with E-state index < -0.39 is 38.9 Å². The number of aromatic nitrogens is 1. The van der Waals surface area contributed by atoms with Gasteiger partial charge in [-0.1, -0.05) is 6.07 Å². The zero-order valence-electron chi connectivity index (χ0n) is 14.0. The summed E-state index contributed by atoms with van der Waals surface area (Å²) in [6.07, 6.45) is 1.42. The van der Waals surface area contributed by atoms with E-state index in [-0.39, 0.29) is 16.4 Å². The Hall–Kier alpha value is -3.40. The summed E-state index contributed by atoms with van der Waals surface area (Å²) in [5.74, 6) is -5.66. The van der Waals surface area contributed by atoms with Crippen molar-refractivity contribution < 1.29 is 26.4 Å². The van der Waals surface area contributed by atoms with Crippen LogP contribution in [-0.2, 0) is 10.0 Å². The highest BCUT2D eigenvalue weighted by Gasteiger charge is 2.19. The minimum absolute atomic E-state index is 0.102. The molecule has 6 nitrogen and oxygen atoms in total. The van der Waals surface area contributed by atoms with Crippen LogP contribution in [0.5, 0.6) is 0 Å². The first-order valence-electron chi connectivity index (χ1n) is 7.77. The highest BCUT2D eigenvalue weighted by Crippen LogP contribution is 2.19. The predicted molar refractivity (Wildman–Crippen MR) is 95.8 cm³/mol. The van der Waals surface area contributed by atoms with Gasteiger partial charge < -0.3 is 5.32 Å². The molecule has 0 aliphatic rings. The first-order chi connectivity index (χ1) is 13.3. The van der Waals surface area contributed by atoms with Gasteiger partial charge in [0.25, 0.3) is 15.9 Å². The predicted octanol–water partition coefficient (Wildman–Crippen LogP) is 3.55. The summed E-state index contributed by atoms with van der Waals surface area (Å²) < 4.78 is 66.8. The maximum Gasteiger partial charge on any atom is 0.263 e. The van der Waals surface area contributed by atoms with E-state index in [4.69, 9.17) is 0 Å². The van der Waals surface area contributed by atoms with Crippen molar-refractivity contribution >= 4 is 27.4 Å². The number of halogens is 3. The Morgan fingerprint density at radius 1 is 0.893 bits per heavy atom. The van der Waals surface area contributed by atoms with Crippen LogP contribution >= 0.6 is 0 Å². The molecule has 1 amide bonds. The van der Waals surface area contributed by atoms with Gasteiger partial charge in [0.05, 0.1) is 10.5 Å². The normalized spacial score (nSPS) is 11.1. The molecule has 0 atom stereocenters. The second-order valence-corrected chi connectivity index (χ2v) is 7.20. The summed E-state index contributed by atoms with van der Waals surface area (Å²) in [7, 11) is -3.90.